The molecular formula is C20H14Cl2FN5O. The third kappa shape index (κ3) is 3.74. The molecule has 2 aromatic carbocycles. The molecule has 6 nitrogen and oxygen atoms in total. The number of halogens is 3. The van der Waals surface area contributed by atoms with Gasteiger partial charge in [-0.05, 0) is 43.3 Å². The van der Waals surface area contributed by atoms with Crippen LogP contribution in [-0.4, -0.2) is 25.5 Å². The van der Waals surface area contributed by atoms with Crippen molar-refractivity contribution in [2.45, 2.75) is 6.92 Å². The van der Waals surface area contributed by atoms with Gasteiger partial charge >= 0.3 is 0 Å². The molecule has 1 N–H and O–H groups in total. The van der Waals surface area contributed by atoms with Crippen molar-refractivity contribution in [1.29, 1.82) is 0 Å². The van der Waals surface area contributed by atoms with Crippen LogP contribution in [0.2, 0.25) is 10.2 Å². The molecule has 9 heteroatoms. The van der Waals surface area contributed by atoms with Crippen LogP contribution in [0.25, 0.3) is 11.4 Å². The number of amides is 1. The van der Waals surface area contributed by atoms with Crippen LogP contribution >= 0.6 is 23.2 Å². The Bertz CT molecular complexity index is 1200. The summed E-state index contributed by atoms with van der Waals surface area (Å²) in [6, 6.07) is 12.9. The van der Waals surface area contributed by atoms with E-state index in [1.165, 1.54) is 35.1 Å². The second kappa shape index (κ2) is 7.69. The Morgan fingerprint density at radius 2 is 1.83 bits per heavy atom. The standard InChI is InChI=1S/C20H14Cl2FN5O/c1-12-18(19(22)28(26-12)15-8-6-13(23)7-9-15)20(29)25-14-10-24-27(11-14)17-5-3-2-4-16(17)21/h2-11H,1H3,(H,25,29). The number of aryl methyl sites for hydroxylation is 1. The van der Waals surface area contributed by atoms with E-state index in [4.69, 9.17) is 23.2 Å². The Balaban J connectivity index is 1.60. The molecule has 0 saturated heterocycles. The van der Waals surface area contributed by atoms with Gasteiger partial charge in [-0.3, -0.25) is 4.79 Å². The molecule has 0 radical (unpaired) electrons. The number of rotatable bonds is 4. The van der Waals surface area contributed by atoms with Crippen molar-refractivity contribution in [3.63, 3.8) is 0 Å². The Kier molecular flexibility index (Phi) is 5.08. The van der Waals surface area contributed by atoms with Crippen molar-refractivity contribution in [1.82, 2.24) is 19.6 Å². The third-order valence-corrected chi connectivity index (χ3v) is 4.91. The monoisotopic (exact) mass is 429 g/mol. The van der Waals surface area contributed by atoms with Gasteiger partial charge in [-0.2, -0.15) is 10.2 Å². The van der Waals surface area contributed by atoms with Crippen molar-refractivity contribution in [2.75, 3.05) is 5.32 Å². The van der Waals surface area contributed by atoms with E-state index in [9.17, 15) is 9.18 Å². The van der Waals surface area contributed by atoms with E-state index in [1.54, 1.807) is 23.9 Å². The van der Waals surface area contributed by atoms with Gasteiger partial charge in [-0.1, -0.05) is 35.3 Å². The number of carbonyl (C=O) groups excluding carboxylic acids is 1. The molecule has 0 spiro atoms. The lowest BCUT2D eigenvalue weighted by Crippen LogP contribution is -2.12. The Hall–Kier alpha value is -3.16. The molecule has 0 aliphatic heterocycles. The summed E-state index contributed by atoms with van der Waals surface area (Å²) in [6.07, 6.45) is 3.15. The molecule has 4 aromatic rings. The van der Waals surface area contributed by atoms with Crippen LogP contribution in [0.4, 0.5) is 10.1 Å². The lowest BCUT2D eigenvalue weighted by Gasteiger charge is -2.05. The minimum Gasteiger partial charge on any atom is -0.319 e. The van der Waals surface area contributed by atoms with E-state index >= 15 is 0 Å². The van der Waals surface area contributed by atoms with Crippen LogP contribution in [0.15, 0.2) is 60.9 Å². The van der Waals surface area contributed by atoms with E-state index in [2.05, 4.69) is 15.5 Å². The average molecular weight is 430 g/mol. The van der Waals surface area contributed by atoms with Crippen molar-refractivity contribution in [2.24, 2.45) is 0 Å². The van der Waals surface area contributed by atoms with Gasteiger partial charge in [-0.25, -0.2) is 13.8 Å². The highest BCUT2D eigenvalue weighted by Crippen LogP contribution is 2.25. The normalized spacial score (nSPS) is 10.9. The zero-order valence-corrected chi connectivity index (χ0v) is 16.6. The molecule has 1 amide bonds. The second-order valence-corrected chi connectivity index (χ2v) is 6.98. The molecule has 0 fully saturated rings. The predicted octanol–water partition coefficient (Wildman–Crippen LogP) is 5.06. The Morgan fingerprint density at radius 1 is 1.10 bits per heavy atom. The van der Waals surface area contributed by atoms with Crippen LogP contribution in [0.3, 0.4) is 0 Å². The van der Waals surface area contributed by atoms with E-state index in [1.807, 2.05) is 18.2 Å². The summed E-state index contributed by atoms with van der Waals surface area (Å²) >= 11 is 12.6. The summed E-state index contributed by atoms with van der Waals surface area (Å²) < 4.78 is 16.1. The fourth-order valence-electron chi connectivity index (χ4n) is 2.86. The summed E-state index contributed by atoms with van der Waals surface area (Å²) in [5.74, 6) is -0.804. The van der Waals surface area contributed by atoms with Crippen LogP contribution in [0, 0.1) is 12.7 Å². The van der Waals surface area contributed by atoms with Gasteiger partial charge in [-0.15, -0.1) is 0 Å². The maximum Gasteiger partial charge on any atom is 0.260 e. The summed E-state index contributed by atoms with van der Waals surface area (Å²) in [7, 11) is 0. The molecule has 0 unspecified atom stereocenters. The highest BCUT2D eigenvalue weighted by atomic mass is 35.5. The number of hydrogen-bond acceptors (Lipinski definition) is 3. The van der Waals surface area contributed by atoms with Crippen LogP contribution in [0.1, 0.15) is 16.1 Å². The number of nitrogens with zero attached hydrogens (tertiary/aromatic N) is 4. The van der Waals surface area contributed by atoms with E-state index in [-0.39, 0.29) is 16.5 Å². The molecule has 4 rings (SSSR count). The molecule has 29 heavy (non-hydrogen) atoms. The van der Waals surface area contributed by atoms with Gasteiger partial charge < -0.3 is 5.32 Å². The van der Waals surface area contributed by atoms with E-state index in [0.717, 1.165) is 0 Å². The summed E-state index contributed by atoms with van der Waals surface area (Å²) in [6.45, 7) is 1.67. The zero-order valence-electron chi connectivity index (χ0n) is 15.1. The molecule has 146 valence electrons. The molecule has 0 aliphatic rings. The van der Waals surface area contributed by atoms with Gasteiger partial charge in [0, 0.05) is 0 Å². The summed E-state index contributed by atoms with van der Waals surface area (Å²) in [4.78, 5) is 12.8. The number of aromatic nitrogens is 4. The first kappa shape index (κ1) is 19.2. The molecule has 2 heterocycles. The SMILES string of the molecule is Cc1nn(-c2ccc(F)cc2)c(Cl)c1C(=O)Nc1cnn(-c2ccccc2Cl)c1. The van der Waals surface area contributed by atoms with Crippen molar-refractivity contribution >= 4 is 34.8 Å². The predicted molar refractivity (Wildman–Crippen MR) is 110 cm³/mol. The highest BCUT2D eigenvalue weighted by Gasteiger charge is 2.22. The molecule has 0 atom stereocenters. The number of anilines is 1. The topological polar surface area (TPSA) is 64.7 Å². The summed E-state index contributed by atoms with van der Waals surface area (Å²) in [5.41, 5.74) is 2.37. The lowest BCUT2D eigenvalue weighted by atomic mass is 10.2. The number of para-hydroxylation sites is 1. The average Bonchev–Trinajstić information content (AvgIpc) is 3.27. The Morgan fingerprint density at radius 3 is 2.55 bits per heavy atom. The second-order valence-electron chi connectivity index (χ2n) is 6.22. The van der Waals surface area contributed by atoms with Gasteiger partial charge in [0.15, 0.2) is 0 Å². The van der Waals surface area contributed by atoms with Crippen molar-refractivity contribution < 1.29 is 9.18 Å². The van der Waals surface area contributed by atoms with Gasteiger partial charge in [0.2, 0.25) is 0 Å². The van der Waals surface area contributed by atoms with Gasteiger partial charge in [0.1, 0.15) is 16.5 Å². The van der Waals surface area contributed by atoms with Crippen LogP contribution in [0.5, 0.6) is 0 Å². The fourth-order valence-corrected chi connectivity index (χ4v) is 3.44. The summed E-state index contributed by atoms with van der Waals surface area (Å²) in [5, 5.41) is 12.0. The molecule has 2 aromatic heterocycles. The van der Waals surface area contributed by atoms with Crippen LogP contribution < -0.4 is 5.32 Å². The maximum atomic E-state index is 13.2. The fraction of sp³-hybridized carbons (Fsp3) is 0.0500. The molecule has 0 aliphatic carbocycles. The van der Waals surface area contributed by atoms with Gasteiger partial charge in [0.05, 0.1) is 40.2 Å². The van der Waals surface area contributed by atoms with Crippen molar-refractivity contribution in [3.8, 4) is 11.4 Å². The zero-order chi connectivity index (χ0) is 20.5. The number of hydrogen-bond donors (Lipinski definition) is 1. The minimum absolute atomic E-state index is 0.130. The number of nitrogens with one attached hydrogen (secondary N) is 1. The Labute approximate surface area is 175 Å². The molecule has 0 saturated carbocycles. The largest absolute Gasteiger partial charge is 0.319 e. The first-order valence-corrected chi connectivity index (χ1v) is 9.31. The molecular weight excluding hydrogens is 416 g/mol. The number of benzene rings is 2. The minimum atomic E-state index is -0.431. The molecule has 0 bridgehead atoms. The first-order valence-electron chi connectivity index (χ1n) is 8.56. The highest BCUT2D eigenvalue weighted by molar-refractivity contribution is 6.34. The first-order chi connectivity index (χ1) is 13.9. The van der Waals surface area contributed by atoms with E-state index in [0.29, 0.717) is 27.8 Å². The van der Waals surface area contributed by atoms with E-state index < -0.39 is 5.91 Å². The smallest absolute Gasteiger partial charge is 0.260 e. The van der Waals surface area contributed by atoms with Crippen molar-refractivity contribution in [3.05, 3.63) is 88.2 Å². The maximum absolute atomic E-state index is 13.2. The third-order valence-electron chi connectivity index (χ3n) is 4.24. The lowest BCUT2D eigenvalue weighted by molar-refractivity contribution is 0.102. The van der Waals surface area contributed by atoms with Gasteiger partial charge in [0.25, 0.3) is 5.91 Å². The van der Waals surface area contributed by atoms with Crippen LogP contribution in [-0.2, 0) is 0 Å². The number of carbonyl (C=O) groups is 1. The quantitative estimate of drug-likeness (QED) is 0.492.